The smallest absolute Gasteiger partial charge is 0.243 e. The van der Waals surface area contributed by atoms with Crippen molar-refractivity contribution in [1.29, 1.82) is 0 Å². The maximum absolute atomic E-state index is 11.0. The van der Waals surface area contributed by atoms with Crippen molar-refractivity contribution in [3.8, 4) is 0 Å². The lowest BCUT2D eigenvalue weighted by molar-refractivity contribution is -0.117. The number of carbonyl (C=O) groups excluding carboxylic acids is 1. The number of morpholine rings is 1. The minimum atomic E-state index is -0.179. The first-order valence-corrected chi connectivity index (χ1v) is 6.20. The minimum Gasteiger partial charge on any atom is -0.373 e. The van der Waals surface area contributed by atoms with Crippen molar-refractivity contribution in [3.05, 3.63) is 18.2 Å². The predicted octanol–water partition coefficient (Wildman–Crippen LogP) is 0.0455. The second-order valence-corrected chi connectivity index (χ2v) is 4.42. The van der Waals surface area contributed by atoms with E-state index in [9.17, 15) is 4.79 Å². The van der Waals surface area contributed by atoms with Crippen LogP contribution in [0.2, 0.25) is 0 Å². The first-order chi connectivity index (χ1) is 8.29. The Bertz CT molecular complexity index is 382. The average molecular weight is 254 g/mol. The number of ether oxygens (including phenoxy) is 1. The molecule has 92 valence electrons. The summed E-state index contributed by atoms with van der Waals surface area (Å²) in [5, 5.41) is 11.5. The molecule has 1 N–H and O–H groups in total. The minimum absolute atomic E-state index is 0.0171. The van der Waals surface area contributed by atoms with Gasteiger partial charge in [-0.05, 0) is 6.08 Å². The molecule has 17 heavy (non-hydrogen) atoms. The van der Waals surface area contributed by atoms with Crippen molar-refractivity contribution >= 4 is 22.4 Å². The molecule has 0 spiro atoms. The Morgan fingerprint density at radius 1 is 1.82 bits per heavy atom. The van der Waals surface area contributed by atoms with Crippen molar-refractivity contribution in [3.63, 3.8) is 0 Å². The van der Waals surface area contributed by atoms with E-state index in [1.807, 2.05) is 0 Å². The molecule has 1 atom stereocenters. The Hall–Kier alpha value is -1.47. The highest BCUT2D eigenvalue weighted by molar-refractivity contribution is 7.13. The van der Waals surface area contributed by atoms with E-state index in [2.05, 4.69) is 27.0 Å². The Morgan fingerprint density at radius 3 is 3.41 bits per heavy atom. The van der Waals surface area contributed by atoms with Crippen LogP contribution in [0.5, 0.6) is 0 Å². The average Bonchev–Trinajstić information content (AvgIpc) is 2.90. The fourth-order valence-corrected chi connectivity index (χ4v) is 2.21. The third-order valence-corrected chi connectivity index (χ3v) is 3.20. The lowest BCUT2D eigenvalue weighted by Gasteiger charge is -2.32. The molecule has 7 heteroatoms. The lowest BCUT2D eigenvalue weighted by Crippen LogP contribution is -2.47. The zero-order valence-corrected chi connectivity index (χ0v) is 10.2. The van der Waals surface area contributed by atoms with Crippen LogP contribution >= 0.6 is 11.3 Å². The summed E-state index contributed by atoms with van der Waals surface area (Å²) in [6.45, 7) is 6.04. The van der Waals surface area contributed by atoms with Crippen molar-refractivity contribution in [2.75, 3.05) is 31.1 Å². The Morgan fingerprint density at radius 2 is 2.71 bits per heavy atom. The largest absolute Gasteiger partial charge is 0.373 e. The molecule has 2 heterocycles. The molecular weight excluding hydrogens is 240 g/mol. The van der Waals surface area contributed by atoms with Crippen LogP contribution in [-0.4, -0.2) is 48.4 Å². The summed E-state index contributed by atoms with van der Waals surface area (Å²) in [6, 6.07) is 0. The van der Waals surface area contributed by atoms with Crippen molar-refractivity contribution in [2.24, 2.45) is 0 Å². The maximum atomic E-state index is 11.0. The van der Waals surface area contributed by atoms with Crippen LogP contribution in [0, 0.1) is 0 Å². The summed E-state index contributed by atoms with van der Waals surface area (Å²) in [5.74, 6) is -0.179. The molecule has 0 aromatic carbocycles. The summed E-state index contributed by atoms with van der Waals surface area (Å²) in [5.41, 5.74) is 1.71. The Kier molecular flexibility index (Phi) is 4.05. The highest BCUT2D eigenvalue weighted by Crippen LogP contribution is 2.18. The van der Waals surface area contributed by atoms with Crippen LogP contribution in [0.1, 0.15) is 0 Å². The number of carbonyl (C=O) groups is 1. The Balaban J connectivity index is 1.85. The third kappa shape index (κ3) is 3.24. The summed E-state index contributed by atoms with van der Waals surface area (Å²) < 4.78 is 5.57. The number of anilines is 1. The van der Waals surface area contributed by atoms with Crippen LogP contribution in [-0.2, 0) is 9.53 Å². The van der Waals surface area contributed by atoms with Crippen molar-refractivity contribution < 1.29 is 9.53 Å². The van der Waals surface area contributed by atoms with Gasteiger partial charge in [0.15, 0.2) is 0 Å². The molecule has 1 unspecified atom stereocenters. The SMILES string of the molecule is C=CC(=O)NCC1CN(c2nncs2)CCO1. The highest BCUT2D eigenvalue weighted by Gasteiger charge is 2.22. The number of aromatic nitrogens is 2. The maximum Gasteiger partial charge on any atom is 0.243 e. The van der Waals surface area contributed by atoms with Crippen LogP contribution < -0.4 is 10.2 Å². The normalized spacial score (nSPS) is 20.0. The standard InChI is InChI=1S/C10H14N4O2S/c1-2-9(15)11-5-8-6-14(3-4-16-8)10-13-12-7-17-10/h2,7-8H,1,3-6H2,(H,11,15). The van der Waals surface area contributed by atoms with Gasteiger partial charge >= 0.3 is 0 Å². The molecule has 1 aromatic rings. The number of nitrogens with one attached hydrogen (secondary N) is 1. The molecule has 0 radical (unpaired) electrons. The van der Waals surface area contributed by atoms with Gasteiger partial charge in [0, 0.05) is 19.6 Å². The van der Waals surface area contributed by atoms with E-state index in [0.717, 1.165) is 11.7 Å². The van der Waals surface area contributed by atoms with E-state index < -0.39 is 0 Å². The second kappa shape index (κ2) is 5.74. The van der Waals surface area contributed by atoms with Crippen molar-refractivity contribution in [2.45, 2.75) is 6.10 Å². The van der Waals surface area contributed by atoms with E-state index in [1.165, 1.54) is 17.4 Å². The molecule has 0 aliphatic carbocycles. The van der Waals surface area contributed by atoms with Gasteiger partial charge in [0.1, 0.15) is 5.51 Å². The summed E-state index contributed by atoms with van der Waals surface area (Å²) in [7, 11) is 0. The number of hydrogen-bond donors (Lipinski definition) is 1. The van der Waals surface area contributed by atoms with Crippen molar-refractivity contribution in [1.82, 2.24) is 15.5 Å². The van der Waals surface area contributed by atoms with Gasteiger partial charge in [-0.25, -0.2) is 0 Å². The summed E-state index contributed by atoms with van der Waals surface area (Å²) in [4.78, 5) is 13.2. The number of amides is 1. The number of hydrogen-bond acceptors (Lipinski definition) is 6. The van der Waals surface area contributed by atoms with Gasteiger partial charge in [0.2, 0.25) is 11.0 Å². The van der Waals surface area contributed by atoms with E-state index >= 15 is 0 Å². The van der Waals surface area contributed by atoms with Crippen LogP contribution in [0.4, 0.5) is 5.13 Å². The van der Waals surface area contributed by atoms with Gasteiger partial charge in [0.05, 0.1) is 12.7 Å². The van der Waals surface area contributed by atoms with Gasteiger partial charge in [-0.1, -0.05) is 17.9 Å². The molecule has 1 aliphatic heterocycles. The zero-order chi connectivity index (χ0) is 12.1. The first-order valence-electron chi connectivity index (χ1n) is 5.32. The van der Waals surface area contributed by atoms with E-state index in [0.29, 0.717) is 19.7 Å². The van der Waals surface area contributed by atoms with Gasteiger partial charge in [0.25, 0.3) is 0 Å². The fraction of sp³-hybridized carbons (Fsp3) is 0.500. The fourth-order valence-electron chi connectivity index (χ4n) is 1.61. The first kappa shape index (κ1) is 12.0. The molecule has 0 saturated carbocycles. The van der Waals surface area contributed by atoms with E-state index in [-0.39, 0.29) is 12.0 Å². The Labute approximate surface area is 103 Å². The molecule has 1 aliphatic rings. The second-order valence-electron chi connectivity index (χ2n) is 3.61. The molecule has 1 fully saturated rings. The molecule has 1 aromatic heterocycles. The van der Waals surface area contributed by atoms with Crippen LogP contribution in [0.15, 0.2) is 18.2 Å². The van der Waals surface area contributed by atoms with E-state index in [1.54, 1.807) is 5.51 Å². The number of rotatable bonds is 4. The third-order valence-electron chi connectivity index (χ3n) is 2.45. The summed E-state index contributed by atoms with van der Waals surface area (Å²) in [6.07, 6.45) is 1.24. The topological polar surface area (TPSA) is 67.4 Å². The monoisotopic (exact) mass is 254 g/mol. The quantitative estimate of drug-likeness (QED) is 0.769. The van der Waals surface area contributed by atoms with Gasteiger partial charge in [-0.2, -0.15) is 0 Å². The molecular formula is C10H14N4O2S. The lowest BCUT2D eigenvalue weighted by atomic mass is 10.3. The molecule has 1 saturated heterocycles. The van der Waals surface area contributed by atoms with E-state index in [4.69, 9.17) is 4.74 Å². The molecule has 1 amide bonds. The molecule has 6 nitrogen and oxygen atoms in total. The molecule has 2 rings (SSSR count). The zero-order valence-electron chi connectivity index (χ0n) is 9.33. The van der Waals surface area contributed by atoms with Gasteiger partial charge in [-0.3, -0.25) is 4.79 Å². The molecule has 0 bridgehead atoms. The van der Waals surface area contributed by atoms with Crippen LogP contribution in [0.3, 0.4) is 0 Å². The predicted molar refractivity (Wildman–Crippen MR) is 65.1 cm³/mol. The van der Waals surface area contributed by atoms with Gasteiger partial charge in [-0.15, -0.1) is 10.2 Å². The summed E-state index contributed by atoms with van der Waals surface area (Å²) >= 11 is 1.51. The van der Waals surface area contributed by atoms with Gasteiger partial charge < -0.3 is 15.0 Å². The van der Waals surface area contributed by atoms with Crippen LogP contribution in [0.25, 0.3) is 0 Å². The number of nitrogens with zero attached hydrogens (tertiary/aromatic N) is 3. The highest BCUT2D eigenvalue weighted by atomic mass is 32.1.